The fraction of sp³-hybridized carbons (Fsp3) is 0. The quantitative estimate of drug-likeness (QED) is 0.408. The molecule has 0 N–H and O–H groups in total. The summed E-state index contributed by atoms with van der Waals surface area (Å²) >= 11 is 6.29. The fourth-order valence-corrected chi connectivity index (χ4v) is 4.20. The molecule has 0 nitrogen and oxygen atoms in total. The average Bonchev–Trinajstić information content (AvgIpc) is 2.85. The molecular formula is C18H12S2. The van der Waals surface area contributed by atoms with Crippen molar-refractivity contribution in [3.05, 3.63) is 66.7 Å². The van der Waals surface area contributed by atoms with Gasteiger partial charge in [0.2, 0.25) is 0 Å². The van der Waals surface area contributed by atoms with Gasteiger partial charge >= 0.3 is 0 Å². The maximum absolute atomic E-state index is 4.44. The van der Waals surface area contributed by atoms with Gasteiger partial charge < -0.3 is 0 Å². The Kier molecular flexibility index (Phi) is 2.79. The van der Waals surface area contributed by atoms with Crippen molar-refractivity contribution in [3.8, 4) is 11.1 Å². The van der Waals surface area contributed by atoms with E-state index in [0.717, 1.165) is 4.90 Å². The molecule has 96 valence electrons. The van der Waals surface area contributed by atoms with Crippen molar-refractivity contribution >= 4 is 44.1 Å². The maximum Gasteiger partial charge on any atom is 0.0433 e. The highest BCUT2D eigenvalue weighted by atomic mass is 32.1. The number of benzene rings is 3. The zero-order valence-electron chi connectivity index (χ0n) is 10.7. The average molecular weight is 292 g/mol. The zero-order valence-corrected chi connectivity index (χ0v) is 12.4. The zero-order chi connectivity index (χ0) is 13.5. The highest BCUT2D eigenvalue weighted by Gasteiger charge is 2.09. The lowest BCUT2D eigenvalue weighted by Crippen LogP contribution is -1.76. The summed E-state index contributed by atoms with van der Waals surface area (Å²) in [5.41, 5.74) is 2.58. The number of hydrogen-bond donors (Lipinski definition) is 1. The molecule has 0 aliphatic heterocycles. The topological polar surface area (TPSA) is 0 Å². The van der Waals surface area contributed by atoms with Crippen LogP contribution in [0, 0.1) is 0 Å². The summed E-state index contributed by atoms with van der Waals surface area (Å²) in [5, 5.41) is 2.65. The number of hydrogen-bond acceptors (Lipinski definition) is 2. The van der Waals surface area contributed by atoms with Gasteiger partial charge in [-0.3, -0.25) is 0 Å². The van der Waals surface area contributed by atoms with Crippen molar-refractivity contribution < 1.29 is 0 Å². The third-order valence-corrected chi connectivity index (χ3v) is 5.05. The number of rotatable bonds is 1. The second-order valence-corrected chi connectivity index (χ2v) is 6.40. The molecule has 0 unspecified atom stereocenters. The molecule has 2 heteroatoms. The molecule has 0 atom stereocenters. The van der Waals surface area contributed by atoms with E-state index in [0.29, 0.717) is 0 Å². The fourth-order valence-electron chi connectivity index (χ4n) is 2.63. The highest BCUT2D eigenvalue weighted by Crippen LogP contribution is 2.40. The molecule has 0 spiro atoms. The number of thiol groups is 1. The minimum absolute atomic E-state index is 1.02. The van der Waals surface area contributed by atoms with E-state index in [-0.39, 0.29) is 0 Å². The Labute approximate surface area is 127 Å². The van der Waals surface area contributed by atoms with E-state index in [9.17, 15) is 0 Å². The predicted molar refractivity (Wildman–Crippen MR) is 92.0 cm³/mol. The Hall–Kier alpha value is -1.77. The van der Waals surface area contributed by atoms with Crippen molar-refractivity contribution in [2.24, 2.45) is 0 Å². The van der Waals surface area contributed by atoms with Crippen molar-refractivity contribution in [1.29, 1.82) is 0 Å². The molecule has 0 fully saturated rings. The van der Waals surface area contributed by atoms with Crippen LogP contribution in [0.2, 0.25) is 0 Å². The smallest absolute Gasteiger partial charge is 0.0433 e. The van der Waals surface area contributed by atoms with Gasteiger partial charge in [-0.15, -0.1) is 24.0 Å². The molecule has 0 amide bonds. The van der Waals surface area contributed by atoms with Gasteiger partial charge in [0.15, 0.2) is 0 Å². The SMILES string of the molecule is Sc1ccc2c(c1)sc1c(-c3ccccc3)cccc12. The predicted octanol–water partition coefficient (Wildman–Crippen LogP) is 6.01. The van der Waals surface area contributed by atoms with Gasteiger partial charge in [0.05, 0.1) is 0 Å². The van der Waals surface area contributed by atoms with Crippen molar-refractivity contribution in [2.45, 2.75) is 4.90 Å². The Morgan fingerprint density at radius 3 is 2.45 bits per heavy atom. The lowest BCUT2D eigenvalue weighted by molar-refractivity contribution is 1.55. The van der Waals surface area contributed by atoms with E-state index in [1.807, 2.05) is 11.3 Å². The summed E-state index contributed by atoms with van der Waals surface area (Å²) in [5.74, 6) is 0. The lowest BCUT2D eigenvalue weighted by atomic mass is 10.0. The monoisotopic (exact) mass is 292 g/mol. The molecule has 0 aliphatic carbocycles. The van der Waals surface area contributed by atoms with Crippen molar-refractivity contribution in [1.82, 2.24) is 0 Å². The van der Waals surface area contributed by atoms with E-state index >= 15 is 0 Å². The minimum Gasteiger partial charge on any atom is -0.143 e. The first-order chi connectivity index (χ1) is 9.83. The molecule has 3 aromatic carbocycles. The molecule has 0 radical (unpaired) electrons. The van der Waals surface area contributed by atoms with Gasteiger partial charge in [-0.05, 0) is 23.3 Å². The van der Waals surface area contributed by atoms with Crippen LogP contribution in [0.4, 0.5) is 0 Å². The van der Waals surface area contributed by atoms with Crippen LogP contribution in [-0.2, 0) is 0 Å². The second kappa shape index (κ2) is 4.65. The summed E-state index contributed by atoms with van der Waals surface area (Å²) in [6, 6.07) is 23.5. The third-order valence-electron chi connectivity index (χ3n) is 3.57. The molecule has 0 bridgehead atoms. The van der Waals surface area contributed by atoms with E-state index in [2.05, 4.69) is 79.4 Å². The minimum atomic E-state index is 1.02. The van der Waals surface area contributed by atoms with Gasteiger partial charge in [-0.2, -0.15) is 0 Å². The van der Waals surface area contributed by atoms with Crippen LogP contribution in [0.3, 0.4) is 0 Å². The number of fused-ring (bicyclic) bond motifs is 3. The summed E-state index contributed by atoms with van der Waals surface area (Å²) in [6.07, 6.45) is 0. The Morgan fingerprint density at radius 1 is 0.750 bits per heavy atom. The van der Waals surface area contributed by atoms with Crippen LogP contribution in [0.25, 0.3) is 31.3 Å². The Morgan fingerprint density at radius 2 is 1.60 bits per heavy atom. The van der Waals surface area contributed by atoms with E-state index < -0.39 is 0 Å². The summed E-state index contributed by atoms with van der Waals surface area (Å²) in [4.78, 5) is 1.02. The normalized spacial score (nSPS) is 11.2. The summed E-state index contributed by atoms with van der Waals surface area (Å²) in [7, 11) is 0. The molecule has 0 saturated carbocycles. The maximum atomic E-state index is 4.44. The molecule has 4 rings (SSSR count). The lowest BCUT2D eigenvalue weighted by Gasteiger charge is -2.02. The van der Waals surface area contributed by atoms with Crippen LogP contribution < -0.4 is 0 Å². The van der Waals surface area contributed by atoms with Crippen molar-refractivity contribution in [2.75, 3.05) is 0 Å². The Balaban J connectivity index is 2.11. The first-order valence-corrected chi connectivity index (χ1v) is 7.79. The van der Waals surface area contributed by atoms with Crippen LogP contribution in [-0.4, -0.2) is 0 Å². The molecule has 4 aromatic rings. The first-order valence-electron chi connectivity index (χ1n) is 6.52. The highest BCUT2D eigenvalue weighted by molar-refractivity contribution is 7.80. The van der Waals surface area contributed by atoms with Gasteiger partial charge in [-0.25, -0.2) is 0 Å². The van der Waals surface area contributed by atoms with E-state index in [1.54, 1.807) is 0 Å². The van der Waals surface area contributed by atoms with Crippen LogP contribution >= 0.6 is 24.0 Å². The molecule has 1 aromatic heterocycles. The summed E-state index contributed by atoms with van der Waals surface area (Å²) < 4.78 is 2.66. The van der Waals surface area contributed by atoms with Gasteiger partial charge in [0, 0.05) is 25.1 Å². The first kappa shape index (κ1) is 12.0. The van der Waals surface area contributed by atoms with Gasteiger partial charge in [0.25, 0.3) is 0 Å². The Bertz CT molecular complexity index is 905. The standard InChI is InChI=1S/C18H12S2/c19-13-9-10-15-16-8-4-7-14(12-5-2-1-3-6-12)18(16)20-17(15)11-13/h1-11,19H. The third kappa shape index (κ3) is 1.84. The van der Waals surface area contributed by atoms with Crippen molar-refractivity contribution in [3.63, 3.8) is 0 Å². The van der Waals surface area contributed by atoms with E-state index in [4.69, 9.17) is 0 Å². The summed E-state index contributed by atoms with van der Waals surface area (Å²) in [6.45, 7) is 0. The molecule has 0 aliphatic rings. The molecule has 20 heavy (non-hydrogen) atoms. The van der Waals surface area contributed by atoms with Crippen LogP contribution in [0.1, 0.15) is 0 Å². The van der Waals surface area contributed by atoms with Gasteiger partial charge in [-0.1, -0.05) is 54.6 Å². The second-order valence-electron chi connectivity index (χ2n) is 4.83. The van der Waals surface area contributed by atoms with E-state index in [1.165, 1.54) is 31.3 Å². The van der Waals surface area contributed by atoms with Gasteiger partial charge in [0.1, 0.15) is 0 Å². The molecule has 0 saturated heterocycles. The molecular weight excluding hydrogens is 280 g/mol. The molecule has 1 heterocycles. The largest absolute Gasteiger partial charge is 0.143 e. The van der Waals surface area contributed by atoms with Crippen LogP contribution in [0.15, 0.2) is 71.6 Å². The van der Waals surface area contributed by atoms with Crippen LogP contribution in [0.5, 0.6) is 0 Å². The number of thiophene rings is 1.